The van der Waals surface area contributed by atoms with Gasteiger partial charge in [-0.05, 0) is 54.8 Å². The fourth-order valence-electron chi connectivity index (χ4n) is 3.83. The molecule has 1 aromatic carbocycles. The summed E-state index contributed by atoms with van der Waals surface area (Å²) in [5.41, 5.74) is 3.88. The molecular weight excluding hydrogens is 258 g/mol. The Morgan fingerprint density at radius 3 is 2.89 bits per heavy atom. The Balaban J connectivity index is 2.26. The Morgan fingerprint density at radius 2 is 2.16 bits per heavy atom. The van der Waals surface area contributed by atoms with Crippen molar-refractivity contribution in [2.45, 2.75) is 44.4 Å². The van der Waals surface area contributed by atoms with Gasteiger partial charge in [0, 0.05) is 18.7 Å². The number of rotatable bonds is 0. The van der Waals surface area contributed by atoms with Gasteiger partial charge in [0.25, 0.3) is 0 Å². The lowest BCUT2D eigenvalue weighted by atomic mass is 9.67. The van der Waals surface area contributed by atoms with Crippen molar-refractivity contribution in [3.05, 3.63) is 27.8 Å². The van der Waals surface area contributed by atoms with Gasteiger partial charge in [-0.3, -0.25) is 0 Å². The standard InChI is InChI=1S/C16H22ClNO/c1-16(2)6-4-11-9-18(3)7-5-10-8-12(17)15(19)14(16)13(10)11/h8,11,19H,4-7,9H2,1-3H3. The first-order valence-electron chi connectivity index (χ1n) is 7.13. The first-order chi connectivity index (χ1) is 8.90. The van der Waals surface area contributed by atoms with Crippen LogP contribution >= 0.6 is 11.6 Å². The zero-order chi connectivity index (χ0) is 13.8. The van der Waals surface area contributed by atoms with E-state index in [1.165, 1.54) is 17.5 Å². The average Bonchev–Trinajstić information content (AvgIpc) is 2.48. The monoisotopic (exact) mass is 279 g/mol. The van der Waals surface area contributed by atoms with E-state index in [2.05, 4.69) is 25.8 Å². The van der Waals surface area contributed by atoms with Crippen LogP contribution in [0.3, 0.4) is 0 Å². The second kappa shape index (κ2) is 4.39. The van der Waals surface area contributed by atoms with E-state index in [4.69, 9.17) is 11.6 Å². The molecule has 0 aromatic heterocycles. The summed E-state index contributed by atoms with van der Waals surface area (Å²) in [6.07, 6.45) is 3.36. The fraction of sp³-hybridized carbons (Fsp3) is 0.625. The third-order valence-electron chi connectivity index (χ3n) is 4.88. The summed E-state index contributed by atoms with van der Waals surface area (Å²) < 4.78 is 0. The Morgan fingerprint density at radius 1 is 1.42 bits per heavy atom. The normalized spacial score (nSPS) is 25.8. The van der Waals surface area contributed by atoms with E-state index in [1.807, 2.05) is 6.07 Å². The highest BCUT2D eigenvalue weighted by molar-refractivity contribution is 6.32. The molecule has 2 aliphatic rings. The van der Waals surface area contributed by atoms with E-state index in [0.29, 0.717) is 16.7 Å². The number of phenols is 1. The van der Waals surface area contributed by atoms with Gasteiger partial charge in [0.15, 0.2) is 0 Å². The van der Waals surface area contributed by atoms with Crippen molar-refractivity contribution in [2.75, 3.05) is 20.1 Å². The highest BCUT2D eigenvalue weighted by atomic mass is 35.5. The van der Waals surface area contributed by atoms with Gasteiger partial charge in [0.2, 0.25) is 0 Å². The summed E-state index contributed by atoms with van der Waals surface area (Å²) in [5, 5.41) is 11.0. The van der Waals surface area contributed by atoms with E-state index in [9.17, 15) is 5.11 Å². The number of hydrogen-bond acceptors (Lipinski definition) is 2. The first kappa shape index (κ1) is 13.3. The molecule has 1 aliphatic heterocycles. The molecule has 0 spiro atoms. The number of aromatic hydroxyl groups is 1. The maximum absolute atomic E-state index is 10.5. The summed E-state index contributed by atoms with van der Waals surface area (Å²) in [6, 6.07) is 1.99. The van der Waals surface area contributed by atoms with Gasteiger partial charge in [-0.15, -0.1) is 0 Å². The lowest BCUT2D eigenvalue weighted by Crippen LogP contribution is -2.31. The second-order valence-corrected chi connectivity index (χ2v) is 7.19. The summed E-state index contributed by atoms with van der Waals surface area (Å²) in [7, 11) is 2.19. The molecule has 1 unspecified atom stereocenters. The molecule has 3 rings (SSSR count). The zero-order valence-corrected chi connectivity index (χ0v) is 12.7. The van der Waals surface area contributed by atoms with E-state index in [-0.39, 0.29) is 5.41 Å². The van der Waals surface area contributed by atoms with Crippen LogP contribution in [0.5, 0.6) is 5.75 Å². The van der Waals surface area contributed by atoms with Crippen LogP contribution in [-0.2, 0) is 11.8 Å². The minimum atomic E-state index is 0.0263. The zero-order valence-electron chi connectivity index (χ0n) is 12.0. The van der Waals surface area contributed by atoms with E-state index >= 15 is 0 Å². The Labute approximate surface area is 120 Å². The molecule has 3 heteroatoms. The van der Waals surface area contributed by atoms with Crippen molar-refractivity contribution in [1.29, 1.82) is 0 Å². The molecule has 0 fully saturated rings. The third kappa shape index (κ3) is 2.05. The van der Waals surface area contributed by atoms with Crippen LogP contribution in [0, 0.1) is 0 Å². The van der Waals surface area contributed by atoms with Crippen LogP contribution in [0.25, 0.3) is 0 Å². The molecule has 0 saturated heterocycles. The maximum atomic E-state index is 10.5. The summed E-state index contributed by atoms with van der Waals surface area (Å²) in [6.45, 7) is 6.62. The molecule has 2 nitrogen and oxygen atoms in total. The van der Waals surface area contributed by atoms with E-state index in [1.54, 1.807) is 0 Å². The number of nitrogens with zero attached hydrogens (tertiary/aromatic N) is 1. The van der Waals surface area contributed by atoms with Crippen molar-refractivity contribution in [2.24, 2.45) is 0 Å². The Hall–Kier alpha value is -0.730. The Bertz CT molecular complexity index is 524. The number of benzene rings is 1. The van der Waals surface area contributed by atoms with Gasteiger partial charge in [-0.1, -0.05) is 25.4 Å². The smallest absolute Gasteiger partial charge is 0.138 e. The van der Waals surface area contributed by atoms with Crippen LogP contribution in [0.15, 0.2) is 6.07 Å². The highest BCUT2D eigenvalue weighted by Crippen LogP contribution is 2.51. The molecule has 1 heterocycles. The fourth-order valence-corrected chi connectivity index (χ4v) is 4.06. The molecule has 0 saturated carbocycles. The predicted octanol–water partition coefficient (Wildman–Crippen LogP) is 3.69. The van der Waals surface area contributed by atoms with Crippen LogP contribution in [-0.4, -0.2) is 30.1 Å². The predicted molar refractivity (Wildman–Crippen MR) is 79.3 cm³/mol. The Kier molecular flexibility index (Phi) is 3.06. The van der Waals surface area contributed by atoms with Crippen molar-refractivity contribution < 1.29 is 5.11 Å². The van der Waals surface area contributed by atoms with Crippen molar-refractivity contribution >= 4 is 11.6 Å². The molecular formula is C16H22ClNO. The number of phenolic OH excluding ortho intramolecular Hbond substituents is 1. The average molecular weight is 280 g/mol. The summed E-state index contributed by atoms with van der Waals surface area (Å²) in [5.74, 6) is 0.869. The maximum Gasteiger partial charge on any atom is 0.138 e. The van der Waals surface area contributed by atoms with E-state index < -0.39 is 0 Å². The quantitative estimate of drug-likeness (QED) is 0.783. The van der Waals surface area contributed by atoms with Crippen molar-refractivity contribution in [1.82, 2.24) is 4.90 Å². The van der Waals surface area contributed by atoms with Gasteiger partial charge in [-0.2, -0.15) is 0 Å². The van der Waals surface area contributed by atoms with Crippen LogP contribution in [0.2, 0.25) is 5.02 Å². The molecule has 1 aromatic rings. The molecule has 0 bridgehead atoms. The number of halogens is 1. The van der Waals surface area contributed by atoms with Gasteiger partial charge in [-0.25, -0.2) is 0 Å². The largest absolute Gasteiger partial charge is 0.506 e. The minimum absolute atomic E-state index is 0.0263. The lowest BCUT2D eigenvalue weighted by molar-refractivity contribution is 0.290. The molecule has 1 N–H and O–H groups in total. The van der Waals surface area contributed by atoms with Crippen LogP contribution < -0.4 is 0 Å². The van der Waals surface area contributed by atoms with Crippen molar-refractivity contribution in [3.63, 3.8) is 0 Å². The molecule has 0 radical (unpaired) electrons. The minimum Gasteiger partial charge on any atom is -0.506 e. The van der Waals surface area contributed by atoms with Gasteiger partial charge >= 0.3 is 0 Å². The first-order valence-corrected chi connectivity index (χ1v) is 7.51. The highest BCUT2D eigenvalue weighted by Gasteiger charge is 2.38. The topological polar surface area (TPSA) is 23.5 Å². The van der Waals surface area contributed by atoms with Crippen molar-refractivity contribution in [3.8, 4) is 5.75 Å². The lowest BCUT2D eigenvalue weighted by Gasteiger charge is -2.39. The van der Waals surface area contributed by atoms with Gasteiger partial charge < -0.3 is 10.0 Å². The number of hydrogen-bond donors (Lipinski definition) is 1. The molecule has 0 amide bonds. The molecule has 1 aliphatic carbocycles. The molecule has 1 atom stereocenters. The van der Waals surface area contributed by atoms with Gasteiger partial charge in [0.1, 0.15) is 5.75 Å². The van der Waals surface area contributed by atoms with Crippen LogP contribution in [0.4, 0.5) is 0 Å². The van der Waals surface area contributed by atoms with Crippen LogP contribution in [0.1, 0.15) is 49.3 Å². The number of likely N-dealkylation sites (N-methyl/N-ethyl adjacent to an activating group) is 1. The summed E-state index contributed by atoms with van der Waals surface area (Å²) in [4.78, 5) is 2.40. The molecule has 19 heavy (non-hydrogen) atoms. The summed E-state index contributed by atoms with van der Waals surface area (Å²) >= 11 is 6.25. The third-order valence-corrected chi connectivity index (χ3v) is 5.17. The SMILES string of the molecule is CN1CCc2cc(Cl)c(O)c3c2C(CCC3(C)C)C1. The van der Waals surface area contributed by atoms with E-state index in [0.717, 1.165) is 31.5 Å². The van der Waals surface area contributed by atoms with Gasteiger partial charge in [0.05, 0.1) is 5.02 Å². The second-order valence-electron chi connectivity index (χ2n) is 6.79. The molecule has 104 valence electrons.